The minimum Gasteiger partial charge on any atom is -0.258 e. The molecular weight excluding hydrogens is 202 g/mol. The minimum absolute atomic E-state index is 0.158. The molecule has 0 radical (unpaired) electrons. The second-order valence-electron chi connectivity index (χ2n) is 5.24. The molecule has 1 aromatic carbocycles. The number of benzene rings is 1. The standard InChI is InChI=1S/C13H19NO2/c1-10(2)13(3,4)9-11-5-7-12(8-6-11)14(15)16/h5-8,10H,9H2,1-4H3. The van der Waals surface area contributed by atoms with E-state index in [0.29, 0.717) is 5.92 Å². The van der Waals surface area contributed by atoms with Crippen LogP contribution < -0.4 is 0 Å². The fraction of sp³-hybridized carbons (Fsp3) is 0.538. The average Bonchev–Trinajstić information content (AvgIpc) is 2.17. The van der Waals surface area contributed by atoms with Crippen molar-refractivity contribution in [2.75, 3.05) is 0 Å². The van der Waals surface area contributed by atoms with Crippen LogP contribution in [-0.4, -0.2) is 4.92 Å². The molecule has 0 atom stereocenters. The lowest BCUT2D eigenvalue weighted by Gasteiger charge is -2.29. The lowest BCUT2D eigenvalue weighted by atomic mass is 9.76. The van der Waals surface area contributed by atoms with E-state index in [0.717, 1.165) is 12.0 Å². The molecule has 0 aromatic heterocycles. The maximum absolute atomic E-state index is 10.5. The van der Waals surface area contributed by atoms with Crippen molar-refractivity contribution in [1.29, 1.82) is 0 Å². The van der Waals surface area contributed by atoms with Gasteiger partial charge in [0.25, 0.3) is 5.69 Å². The zero-order valence-electron chi connectivity index (χ0n) is 10.4. The molecule has 0 amide bonds. The molecule has 1 aromatic rings. The molecule has 0 saturated heterocycles. The fourth-order valence-electron chi connectivity index (χ4n) is 1.47. The number of nitro groups is 1. The van der Waals surface area contributed by atoms with Gasteiger partial charge in [-0.3, -0.25) is 10.1 Å². The van der Waals surface area contributed by atoms with Gasteiger partial charge in [-0.15, -0.1) is 0 Å². The first-order valence-corrected chi connectivity index (χ1v) is 5.56. The van der Waals surface area contributed by atoms with Crippen molar-refractivity contribution in [3.8, 4) is 0 Å². The molecule has 88 valence electrons. The van der Waals surface area contributed by atoms with Crippen molar-refractivity contribution >= 4 is 5.69 Å². The predicted molar refractivity (Wildman–Crippen MR) is 65.4 cm³/mol. The van der Waals surface area contributed by atoms with Gasteiger partial charge in [-0.05, 0) is 23.3 Å². The Balaban J connectivity index is 2.80. The van der Waals surface area contributed by atoms with Crippen LogP contribution in [0, 0.1) is 21.4 Å². The summed E-state index contributed by atoms with van der Waals surface area (Å²) in [7, 11) is 0. The molecule has 0 heterocycles. The zero-order valence-corrected chi connectivity index (χ0v) is 10.4. The molecule has 3 nitrogen and oxygen atoms in total. The minimum atomic E-state index is -0.364. The molecule has 0 aliphatic heterocycles. The summed E-state index contributed by atoms with van der Waals surface area (Å²) in [5.41, 5.74) is 1.53. The number of hydrogen-bond acceptors (Lipinski definition) is 2. The third-order valence-electron chi connectivity index (χ3n) is 3.37. The average molecular weight is 221 g/mol. The summed E-state index contributed by atoms with van der Waals surface area (Å²) in [6, 6.07) is 6.85. The second kappa shape index (κ2) is 4.64. The zero-order chi connectivity index (χ0) is 12.3. The summed E-state index contributed by atoms with van der Waals surface area (Å²) in [6.45, 7) is 8.84. The van der Waals surface area contributed by atoms with E-state index in [1.54, 1.807) is 12.1 Å². The van der Waals surface area contributed by atoms with Gasteiger partial charge < -0.3 is 0 Å². The smallest absolute Gasteiger partial charge is 0.258 e. The van der Waals surface area contributed by atoms with Crippen LogP contribution >= 0.6 is 0 Å². The van der Waals surface area contributed by atoms with Gasteiger partial charge in [0.05, 0.1) is 4.92 Å². The van der Waals surface area contributed by atoms with E-state index in [-0.39, 0.29) is 16.0 Å². The molecule has 0 spiro atoms. The quantitative estimate of drug-likeness (QED) is 0.573. The molecule has 16 heavy (non-hydrogen) atoms. The van der Waals surface area contributed by atoms with E-state index in [1.165, 1.54) is 0 Å². The van der Waals surface area contributed by atoms with Crippen molar-refractivity contribution in [1.82, 2.24) is 0 Å². The van der Waals surface area contributed by atoms with Crippen LogP contribution in [0.3, 0.4) is 0 Å². The van der Waals surface area contributed by atoms with E-state index in [4.69, 9.17) is 0 Å². The van der Waals surface area contributed by atoms with Gasteiger partial charge in [0.1, 0.15) is 0 Å². The number of hydrogen-bond donors (Lipinski definition) is 0. The predicted octanol–water partition coefficient (Wildman–Crippen LogP) is 3.82. The third-order valence-corrected chi connectivity index (χ3v) is 3.37. The Morgan fingerprint density at radius 2 is 1.75 bits per heavy atom. The Morgan fingerprint density at radius 3 is 2.12 bits per heavy atom. The highest BCUT2D eigenvalue weighted by molar-refractivity contribution is 5.33. The van der Waals surface area contributed by atoms with Crippen molar-refractivity contribution in [2.45, 2.75) is 34.1 Å². The molecule has 0 aliphatic carbocycles. The van der Waals surface area contributed by atoms with Crippen LogP contribution in [0.4, 0.5) is 5.69 Å². The highest BCUT2D eigenvalue weighted by Gasteiger charge is 2.22. The molecule has 3 heteroatoms. The van der Waals surface area contributed by atoms with Crippen LogP contribution in [0.15, 0.2) is 24.3 Å². The molecule has 1 rings (SSSR count). The maximum atomic E-state index is 10.5. The molecule has 0 aliphatic rings. The number of rotatable bonds is 4. The van der Waals surface area contributed by atoms with Gasteiger partial charge in [0, 0.05) is 12.1 Å². The molecule has 0 unspecified atom stereocenters. The van der Waals surface area contributed by atoms with E-state index in [1.807, 2.05) is 12.1 Å². The topological polar surface area (TPSA) is 43.1 Å². The summed E-state index contributed by atoms with van der Waals surface area (Å²) in [4.78, 5) is 10.1. The van der Waals surface area contributed by atoms with Gasteiger partial charge in [0.15, 0.2) is 0 Å². The molecule has 0 N–H and O–H groups in total. The lowest BCUT2D eigenvalue weighted by molar-refractivity contribution is -0.384. The number of nitrogens with zero attached hydrogens (tertiary/aromatic N) is 1. The SMILES string of the molecule is CC(C)C(C)(C)Cc1ccc([N+](=O)[O-])cc1. The van der Waals surface area contributed by atoms with Gasteiger partial charge >= 0.3 is 0 Å². The number of non-ortho nitro benzene ring substituents is 1. The highest BCUT2D eigenvalue weighted by Crippen LogP contribution is 2.30. The van der Waals surface area contributed by atoms with Crippen molar-refractivity contribution in [3.05, 3.63) is 39.9 Å². The monoisotopic (exact) mass is 221 g/mol. The first-order valence-electron chi connectivity index (χ1n) is 5.56. The van der Waals surface area contributed by atoms with Gasteiger partial charge in [0.2, 0.25) is 0 Å². The normalized spacial score (nSPS) is 11.8. The summed E-state index contributed by atoms with van der Waals surface area (Å²) in [5.74, 6) is 0.586. The van der Waals surface area contributed by atoms with Gasteiger partial charge in [-0.1, -0.05) is 39.8 Å². The van der Waals surface area contributed by atoms with E-state index in [2.05, 4.69) is 27.7 Å². The van der Waals surface area contributed by atoms with E-state index < -0.39 is 0 Å². The second-order valence-corrected chi connectivity index (χ2v) is 5.24. The third kappa shape index (κ3) is 3.05. The summed E-state index contributed by atoms with van der Waals surface area (Å²) < 4.78 is 0. The van der Waals surface area contributed by atoms with Crippen LogP contribution in [-0.2, 0) is 6.42 Å². The summed E-state index contributed by atoms with van der Waals surface area (Å²) in [6.07, 6.45) is 0.947. The van der Waals surface area contributed by atoms with Crippen LogP contribution in [0.1, 0.15) is 33.3 Å². The molecular formula is C13H19NO2. The number of nitro benzene ring substituents is 1. The Hall–Kier alpha value is -1.38. The Kier molecular flexibility index (Phi) is 3.68. The van der Waals surface area contributed by atoms with Crippen LogP contribution in [0.2, 0.25) is 0 Å². The first kappa shape index (κ1) is 12.7. The van der Waals surface area contributed by atoms with Crippen molar-refractivity contribution < 1.29 is 4.92 Å². The largest absolute Gasteiger partial charge is 0.269 e. The van der Waals surface area contributed by atoms with E-state index in [9.17, 15) is 10.1 Å². The van der Waals surface area contributed by atoms with Crippen molar-refractivity contribution in [3.63, 3.8) is 0 Å². The Morgan fingerprint density at radius 1 is 1.25 bits per heavy atom. The van der Waals surface area contributed by atoms with Crippen LogP contribution in [0.25, 0.3) is 0 Å². The maximum Gasteiger partial charge on any atom is 0.269 e. The molecule has 0 bridgehead atoms. The lowest BCUT2D eigenvalue weighted by Crippen LogP contribution is -2.21. The van der Waals surface area contributed by atoms with Crippen LogP contribution in [0.5, 0.6) is 0 Å². The highest BCUT2D eigenvalue weighted by atomic mass is 16.6. The molecule has 0 fully saturated rings. The Labute approximate surface area is 96.6 Å². The fourth-order valence-corrected chi connectivity index (χ4v) is 1.47. The molecule has 0 saturated carbocycles. The summed E-state index contributed by atoms with van der Waals surface area (Å²) >= 11 is 0. The van der Waals surface area contributed by atoms with Gasteiger partial charge in [-0.25, -0.2) is 0 Å². The summed E-state index contributed by atoms with van der Waals surface area (Å²) in [5, 5.41) is 10.5. The first-order chi connectivity index (χ1) is 7.33. The van der Waals surface area contributed by atoms with Crippen molar-refractivity contribution in [2.24, 2.45) is 11.3 Å². The van der Waals surface area contributed by atoms with E-state index >= 15 is 0 Å². The Bertz CT molecular complexity index is 366. The van der Waals surface area contributed by atoms with Gasteiger partial charge in [-0.2, -0.15) is 0 Å².